The van der Waals surface area contributed by atoms with Gasteiger partial charge < -0.3 is 14.4 Å². The van der Waals surface area contributed by atoms with E-state index >= 15 is 0 Å². The molecule has 0 spiro atoms. The van der Waals surface area contributed by atoms with Crippen LogP contribution in [0.3, 0.4) is 0 Å². The maximum absolute atomic E-state index is 13.3. The number of ether oxygens (including phenoxy) is 2. The summed E-state index contributed by atoms with van der Waals surface area (Å²) in [6.07, 6.45) is 0.726. The lowest BCUT2D eigenvalue weighted by Crippen LogP contribution is -2.45. The van der Waals surface area contributed by atoms with Crippen molar-refractivity contribution in [1.29, 1.82) is 0 Å². The molecule has 1 saturated heterocycles. The van der Waals surface area contributed by atoms with Crippen LogP contribution in [0.4, 0.5) is 0 Å². The highest BCUT2D eigenvalue weighted by molar-refractivity contribution is 5.94. The van der Waals surface area contributed by atoms with E-state index in [1.54, 1.807) is 0 Å². The fourth-order valence-corrected chi connectivity index (χ4v) is 4.51. The first-order valence-electron chi connectivity index (χ1n) is 11.6. The number of esters is 1. The summed E-state index contributed by atoms with van der Waals surface area (Å²) >= 11 is 0. The second kappa shape index (κ2) is 10.2. The standard InChI is InChI=1S/C27H31N3O4/c1-18-16-29(17-25(34-18)21-8-6-5-7-9-21)27(32)22-10-12-23(13-11-22)30-20(3)24(19(2)28-30)14-15-26(31)33-4/h5-13,18,25H,14-17H2,1-4H3. The van der Waals surface area contributed by atoms with Crippen molar-refractivity contribution in [2.75, 3.05) is 20.2 Å². The number of benzene rings is 2. The highest BCUT2D eigenvalue weighted by Gasteiger charge is 2.30. The van der Waals surface area contributed by atoms with E-state index in [9.17, 15) is 9.59 Å². The molecule has 1 aliphatic heterocycles. The quantitative estimate of drug-likeness (QED) is 0.515. The fourth-order valence-electron chi connectivity index (χ4n) is 4.51. The van der Waals surface area contributed by atoms with E-state index in [0.29, 0.717) is 31.5 Å². The number of carbonyl (C=O) groups is 2. The van der Waals surface area contributed by atoms with Gasteiger partial charge in [0.1, 0.15) is 6.10 Å². The zero-order valence-corrected chi connectivity index (χ0v) is 20.2. The van der Waals surface area contributed by atoms with Gasteiger partial charge in [-0.15, -0.1) is 0 Å². The zero-order chi connectivity index (χ0) is 24.2. The van der Waals surface area contributed by atoms with Gasteiger partial charge in [-0.1, -0.05) is 30.3 Å². The Morgan fingerprint density at radius 2 is 1.76 bits per heavy atom. The summed E-state index contributed by atoms with van der Waals surface area (Å²) in [5.74, 6) is -0.240. The van der Waals surface area contributed by atoms with E-state index in [4.69, 9.17) is 9.47 Å². The number of methoxy groups -OCH3 is 1. The topological polar surface area (TPSA) is 73.7 Å². The highest BCUT2D eigenvalue weighted by atomic mass is 16.5. The lowest BCUT2D eigenvalue weighted by atomic mass is 10.1. The van der Waals surface area contributed by atoms with Gasteiger partial charge in [0.25, 0.3) is 5.91 Å². The van der Waals surface area contributed by atoms with Crippen molar-refractivity contribution in [3.63, 3.8) is 0 Å². The Morgan fingerprint density at radius 1 is 1.06 bits per heavy atom. The van der Waals surface area contributed by atoms with Gasteiger partial charge >= 0.3 is 5.97 Å². The number of hydrogen-bond acceptors (Lipinski definition) is 5. The van der Waals surface area contributed by atoms with E-state index in [0.717, 1.165) is 28.2 Å². The average Bonchev–Trinajstić information content (AvgIpc) is 3.15. The number of carbonyl (C=O) groups excluding carboxylic acids is 2. The summed E-state index contributed by atoms with van der Waals surface area (Å²) in [5, 5.41) is 4.65. The molecule has 2 atom stereocenters. The van der Waals surface area contributed by atoms with Crippen molar-refractivity contribution in [3.05, 3.63) is 82.7 Å². The molecule has 178 valence electrons. The minimum atomic E-state index is -0.235. The number of nitrogens with zero attached hydrogens (tertiary/aromatic N) is 3. The van der Waals surface area contributed by atoms with Gasteiger partial charge in [-0.25, -0.2) is 4.68 Å². The Bertz CT molecular complexity index is 1150. The Balaban J connectivity index is 1.49. The summed E-state index contributed by atoms with van der Waals surface area (Å²) in [4.78, 5) is 26.7. The largest absolute Gasteiger partial charge is 0.469 e. The number of hydrogen-bond donors (Lipinski definition) is 0. The van der Waals surface area contributed by atoms with Crippen LogP contribution in [-0.2, 0) is 20.7 Å². The third-order valence-corrected chi connectivity index (χ3v) is 6.33. The second-order valence-electron chi connectivity index (χ2n) is 8.74. The Labute approximate surface area is 200 Å². The van der Waals surface area contributed by atoms with Gasteiger partial charge in [0.15, 0.2) is 0 Å². The van der Waals surface area contributed by atoms with Crippen LogP contribution < -0.4 is 0 Å². The summed E-state index contributed by atoms with van der Waals surface area (Å²) in [7, 11) is 1.40. The molecule has 0 aliphatic carbocycles. The van der Waals surface area contributed by atoms with Crippen molar-refractivity contribution >= 4 is 11.9 Å². The van der Waals surface area contributed by atoms with Gasteiger partial charge in [0.05, 0.1) is 31.1 Å². The van der Waals surface area contributed by atoms with E-state index in [1.165, 1.54) is 7.11 Å². The smallest absolute Gasteiger partial charge is 0.305 e. The monoisotopic (exact) mass is 461 g/mol. The lowest BCUT2D eigenvalue weighted by Gasteiger charge is -2.37. The number of rotatable bonds is 6. The van der Waals surface area contributed by atoms with Crippen LogP contribution in [-0.4, -0.2) is 52.9 Å². The van der Waals surface area contributed by atoms with Gasteiger partial charge in [0, 0.05) is 24.2 Å². The van der Waals surface area contributed by atoms with Crippen LogP contribution in [0.15, 0.2) is 54.6 Å². The molecule has 0 N–H and O–H groups in total. The molecular formula is C27H31N3O4. The van der Waals surface area contributed by atoms with Gasteiger partial charge in [-0.2, -0.15) is 5.10 Å². The molecule has 3 aromatic rings. The van der Waals surface area contributed by atoms with E-state index in [2.05, 4.69) is 5.10 Å². The maximum Gasteiger partial charge on any atom is 0.305 e. The molecule has 1 aliphatic rings. The Morgan fingerprint density at radius 3 is 2.44 bits per heavy atom. The third-order valence-electron chi connectivity index (χ3n) is 6.33. The first-order chi connectivity index (χ1) is 16.4. The van der Waals surface area contributed by atoms with Crippen LogP contribution in [0.1, 0.15) is 52.3 Å². The van der Waals surface area contributed by atoms with Crippen molar-refractivity contribution in [3.8, 4) is 5.69 Å². The third kappa shape index (κ3) is 5.04. The van der Waals surface area contributed by atoms with Gasteiger partial charge in [-0.3, -0.25) is 9.59 Å². The molecule has 2 unspecified atom stereocenters. The molecule has 1 fully saturated rings. The first kappa shape index (κ1) is 23.7. The minimum Gasteiger partial charge on any atom is -0.469 e. The van der Waals surface area contributed by atoms with Crippen LogP contribution in [0.25, 0.3) is 5.69 Å². The molecule has 1 amide bonds. The van der Waals surface area contributed by atoms with Crippen LogP contribution in [0, 0.1) is 13.8 Å². The highest BCUT2D eigenvalue weighted by Crippen LogP contribution is 2.26. The number of morpholine rings is 1. The molecule has 2 heterocycles. The summed E-state index contributed by atoms with van der Waals surface area (Å²) < 4.78 is 12.7. The molecule has 1 aromatic heterocycles. The average molecular weight is 462 g/mol. The maximum atomic E-state index is 13.3. The van der Waals surface area contributed by atoms with E-state index in [1.807, 2.05) is 85.0 Å². The number of amides is 1. The molecule has 2 aromatic carbocycles. The summed E-state index contributed by atoms with van der Waals surface area (Å²) in [5.41, 5.74) is 5.50. The molecule has 4 rings (SSSR count). The molecule has 0 bridgehead atoms. The van der Waals surface area contributed by atoms with Crippen molar-refractivity contribution in [2.24, 2.45) is 0 Å². The number of aromatic nitrogens is 2. The van der Waals surface area contributed by atoms with E-state index < -0.39 is 0 Å². The molecule has 7 nitrogen and oxygen atoms in total. The predicted octanol–water partition coefficient (Wildman–Crippen LogP) is 4.20. The van der Waals surface area contributed by atoms with Crippen molar-refractivity contribution in [2.45, 2.75) is 45.8 Å². The van der Waals surface area contributed by atoms with Crippen molar-refractivity contribution in [1.82, 2.24) is 14.7 Å². The molecule has 0 radical (unpaired) electrons. The lowest BCUT2D eigenvalue weighted by molar-refractivity contribution is -0.140. The van der Waals surface area contributed by atoms with Gasteiger partial charge in [-0.05, 0) is 62.6 Å². The Hall–Kier alpha value is -3.45. The molecular weight excluding hydrogens is 430 g/mol. The van der Waals surface area contributed by atoms with Crippen LogP contribution >= 0.6 is 0 Å². The Kier molecular flexibility index (Phi) is 7.12. The van der Waals surface area contributed by atoms with Crippen molar-refractivity contribution < 1.29 is 19.1 Å². The van der Waals surface area contributed by atoms with Gasteiger partial charge in [0.2, 0.25) is 0 Å². The first-order valence-corrected chi connectivity index (χ1v) is 11.6. The fraction of sp³-hybridized carbons (Fsp3) is 0.370. The summed E-state index contributed by atoms with van der Waals surface area (Å²) in [6, 6.07) is 17.5. The predicted molar refractivity (Wildman–Crippen MR) is 129 cm³/mol. The van der Waals surface area contributed by atoms with Crippen LogP contribution in [0.2, 0.25) is 0 Å². The summed E-state index contributed by atoms with van der Waals surface area (Å²) in [6.45, 7) is 7.02. The zero-order valence-electron chi connectivity index (χ0n) is 20.2. The number of aryl methyl sites for hydroxylation is 1. The molecule has 0 saturated carbocycles. The van der Waals surface area contributed by atoms with E-state index in [-0.39, 0.29) is 24.1 Å². The minimum absolute atomic E-state index is 0.00485. The second-order valence-corrected chi connectivity index (χ2v) is 8.74. The molecule has 7 heteroatoms. The normalized spacial score (nSPS) is 18.1. The SMILES string of the molecule is COC(=O)CCc1c(C)nn(-c2ccc(C(=O)N3CC(C)OC(c4ccccc4)C3)cc2)c1C. The molecule has 34 heavy (non-hydrogen) atoms. The van der Waals surface area contributed by atoms with Crippen LogP contribution in [0.5, 0.6) is 0 Å².